The summed E-state index contributed by atoms with van der Waals surface area (Å²) < 4.78 is 6.84. The SMILES string of the molecule is Cc1cc(C)c(C)c(OCC(=O)N(Cc2ccc(Br)cc2)[C@H](C)C(=O)NC(C)C)c1. The van der Waals surface area contributed by atoms with Crippen molar-refractivity contribution in [3.05, 3.63) is 63.1 Å². The molecule has 5 nitrogen and oxygen atoms in total. The molecular weight excluding hydrogens is 444 g/mol. The van der Waals surface area contributed by atoms with E-state index >= 15 is 0 Å². The van der Waals surface area contributed by atoms with Gasteiger partial charge in [-0.05, 0) is 82.0 Å². The summed E-state index contributed by atoms with van der Waals surface area (Å²) in [5, 5.41) is 2.89. The molecule has 0 unspecified atom stereocenters. The summed E-state index contributed by atoms with van der Waals surface area (Å²) in [4.78, 5) is 27.3. The van der Waals surface area contributed by atoms with Gasteiger partial charge in [-0.3, -0.25) is 9.59 Å². The van der Waals surface area contributed by atoms with E-state index in [1.54, 1.807) is 11.8 Å². The number of amides is 2. The predicted octanol–water partition coefficient (Wildman–Crippen LogP) is 4.70. The van der Waals surface area contributed by atoms with Crippen molar-refractivity contribution >= 4 is 27.7 Å². The van der Waals surface area contributed by atoms with Crippen LogP contribution < -0.4 is 10.1 Å². The molecule has 2 aromatic rings. The molecule has 0 aliphatic carbocycles. The van der Waals surface area contributed by atoms with Crippen LogP contribution in [-0.2, 0) is 16.1 Å². The minimum Gasteiger partial charge on any atom is -0.483 e. The number of nitrogens with one attached hydrogen (secondary N) is 1. The Balaban J connectivity index is 2.20. The quantitative estimate of drug-likeness (QED) is 0.603. The fraction of sp³-hybridized carbons (Fsp3) is 0.417. The zero-order valence-electron chi connectivity index (χ0n) is 18.6. The van der Waals surface area contributed by atoms with Gasteiger partial charge in [-0.2, -0.15) is 0 Å². The second-order valence-electron chi connectivity index (χ2n) is 7.98. The fourth-order valence-corrected chi connectivity index (χ4v) is 3.41. The number of halogens is 1. The molecule has 0 aliphatic heterocycles. The number of rotatable bonds is 8. The topological polar surface area (TPSA) is 58.6 Å². The Labute approximate surface area is 187 Å². The van der Waals surface area contributed by atoms with E-state index < -0.39 is 6.04 Å². The summed E-state index contributed by atoms with van der Waals surface area (Å²) in [6.45, 7) is 11.8. The van der Waals surface area contributed by atoms with Crippen LogP contribution in [0.25, 0.3) is 0 Å². The molecule has 2 rings (SSSR count). The van der Waals surface area contributed by atoms with Gasteiger partial charge in [0.1, 0.15) is 11.8 Å². The lowest BCUT2D eigenvalue weighted by Gasteiger charge is -2.29. The zero-order valence-corrected chi connectivity index (χ0v) is 20.2. The number of ether oxygens (including phenoxy) is 1. The highest BCUT2D eigenvalue weighted by Gasteiger charge is 2.27. The zero-order chi connectivity index (χ0) is 22.4. The third kappa shape index (κ3) is 6.59. The van der Waals surface area contributed by atoms with Crippen molar-refractivity contribution in [1.29, 1.82) is 0 Å². The van der Waals surface area contributed by atoms with Gasteiger partial charge < -0.3 is 15.0 Å². The molecule has 1 atom stereocenters. The van der Waals surface area contributed by atoms with Gasteiger partial charge in [-0.25, -0.2) is 0 Å². The highest BCUT2D eigenvalue weighted by atomic mass is 79.9. The number of nitrogens with zero attached hydrogens (tertiary/aromatic N) is 1. The van der Waals surface area contributed by atoms with Gasteiger partial charge >= 0.3 is 0 Å². The molecule has 0 saturated heterocycles. The van der Waals surface area contributed by atoms with Gasteiger partial charge in [0.05, 0.1) is 0 Å². The molecule has 162 valence electrons. The van der Waals surface area contributed by atoms with E-state index in [9.17, 15) is 9.59 Å². The van der Waals surface area contributed by atoms with Crippen LogP contribution in [0.4, 0.5) is 0 Å². The molecule has 0 spiro atoms. The van der Waals surface area contributed by atoms with Crippen LogP contribution in [0.5, 0.6) is 5.75 Å². The lowest BCUT2D eigenvalue weighted by molar-refractivity contribution is -0.142. The maximum Gasteiger partial charge on any atom is 0.261 e. The second-order valence-corrected chi connectivity index (χ2v) is 8.90. The second kappa shape index (κ2) is 10.6. The molecule has 0 bridgehead atoms. The predicted molar refractivity (Wildman–Crippen MR) is 124 cm³/mol. The number of carbonyl (C=O) groups excluding carboxylic acids is 2. The van der Waals surface area contributed by atoms with E-state index in [0.717, 1.165) is 26.7 Å². The highest BCUT2D eigenvalue weighted by molar-refractivity contribution is 9.10. The number of aryl methyl sites for hydroxylation is 2. The first kappa shape index (κ1) is 23.9. The molecule has 0 heterocycles. The molecule has 2 amide bonds. The molecule has 0 saturated carbocycles. The van der Waals surface area contributed by atoms with E-state index in [-0.39, 0.29) is 24.5 Å². The lowest BCUT2D eigenvalue weighted by Crippen LogP contribution is -2.50. The first-order valence-corrected chi connectivity index (χ1v) is 10.9. The van der Waals surface area contributed by atoms with Crippen molar-refractivity contribution in [2.24, 2.45) is 0 Å². The summed E-state index contributed by atoms with van der Waals surface area (Å²) in [7, 11) is 0. The maximum atomic E-state index is 13.1. The van der Waals surface area contributed by atoms with Crippen molar-refractivity contribution < 1.29 is 14.3 Å². The fourth-order valence-electron chi connectivity index (χ4n) is 3.15. The van der Waals surface area contributed by atoms with Gasteiger partial charge in [-0.1, -0.05) is 34.1 Å². The average Bonchev–Trinajstić information content (AvgIpc) is 2.67. The first-order chi connectivity index (χ1) is 14.1. The van der Waals surface area contributed by atoms with Crippen LogP contribution in [-0.4, -0.2) is 35.4 Å². The standard InChI is InChI=1S/C24H31BrN2O3/c1-15(2)26-24(29)19(6)27(13-20-7-9-21(25)10-8-20)23(28)14-30-22-12-16(3)11-17(4)18(22)5/h7-12,15,19H,13-14H2,1-6H3,(H,26,29)/t19-/m1/s1. The van der Waals surface area contributed by atoms with Crippen LogP contribution in [0.1, 0.15) is 43.0 Å². The van der Waals surface area contributed by atoms with Crippen LogP contribution in [0.3, 0.4) is 0 Å². The molecule has 0 fully saturated rings. The Hall–Kier alpha value is -2.34. The van der Waals surface area contributed by atoms with Gasteiger partial charge in [0.25, 0.3) is 5.91 Å². The van der Waals surface area contributed by atoms with Crippen molar-refractivity contribution in [2.75, 3.05) is 6.61 Å². The third-order valence-electron chi connectivity index (χ3n) is 4.98. The van der Waals surface area contributed by atoms with Crippen molar-refractivity contribution in [1.82, 2.24) is 10.2 Å². The van der Waals surface area contributed by atoms with Gasteiger partial charge in [0.2, 0.25) is 5.91 Å². The van der Waals surface area contributed by atoms with Gasteiger partial charge in [0.15, 0.2) is 6.61 Å². The molecule has 0 aliphatic rings. The number of hydrogen-bond acceptors (Lipinski definition) is 3. The maximum absolute atomic E-state index is 13.1. The summed E-state index contributed by atoms with van der Waals surface area (Å²) in [6.07, 6.45) is 0. The van der Waals surface area contributed by atoms with E-state index in [4.69, 9.17) is 4.74 Å². The van der Waals surface area contributed by atoms with E-state index in [1.807, 2.05) is 65.0 Å². The van der Waals surface area contributed by atoms with Crippen molar-refractivity contribution in [3.63, 3.8) is 0 Å². The third-order valence-corrected chi connectivity index (χ3v) is 5.51. The Kier molecular flexibility index (Phi) is 8.47. The van der Waals surface area contributed by atoms with Gasteiger partial charge in [0, 0.05) is 17.1 Å². The summed E-state index contributed by atoms with van der Waals surface area (Å²) in [6, 6.07) is 11.1. The molecule has 0 aromatic heterocycles. The van der Waals surface area contributed by atoms with Crippen LogP contribution in [0.15, 0.2) is 40.9 Å². The minimum absolute atomic E-state index is 0.00116. The normalized spacial score (nSPS) is 11.9. The van der Waals surface area contributed by atoms with E-state index in [0.29, 0.717) is 12.3 Å². The van der Waals surface area contributed by atoms with E-state index in [2.05, 4.69) is 27.3 Å². The summed E-state index contributed by atoms with van der Waals surface area (Å²) in [5.41, 5.74) is 4.16. The molecule has 6 heteroatoms. The van der Waals surface area contributed by atoms with Crippen molar-refractivity contribution in [3.8, 4) is 5.75 Å². The summed E-state index contributed by atoms with van der Waals surface area (Å²) >= 11 is 3.42. The first-order valence-electron chi connectivity index (χ1n) is 10.1. The number of carbonyl (C=O) groups is 2. The monoisotopic (exact) mass is 474 g/mol. The van der Waals surface area contributed by atoms with Gasteiger partial charge in [-0.15, -0.1) is 0 Å². The Morgan fingerprint density at radius 2 is 1.70 bits per heavy atom. The van der Waals surface area contributed by atoms with Crippen LogP contribution in [0, 0.1) is 20.8 Å². The molecular formula is C24H31BrN2O3. The summed E-state index contributed by atoms with van der Waals surface area (Å²) in [5.74, 6) is 0.282. The molecule has 30 heavy (non-hydrogen) atoms. The largest absolute Gasteiger partial charge is 0.483 e. The molecule has 1 N–H and O–H groups in total. The highest BCUT2D eigenvalue weighted by Crippen LogP contribution is 2.23. The molecule has 2 aromatic carbocycles. The van der Waals surface area contributed by atoms with Crippen LogP contribution >= 0.6 is 15.9 Å². The van der Waals surface area contributed by atoms with E-state index in [1.165, 1.54) is 0 Å². The number of hydrogen-bond donors (Lipinski definition) is 1. The molecule has 0 radical (unpaired) electrons. The Morgan fingerprint density at radius 1 is 1.07 bits per heavy atom. The van der Waals surface area contributed by atoms with Crippen molar-refractivity contribution in [2.45, 2.75) is 60.2 Å². The number of benzene rings is 2. The lowest BCUT2D eigenvalue weighted by atomic mass is 10.1. The average molecular weight is 475 g/mol. The van der Waals surface area contributed by atoms with Crippen LogP contribution in [0.2, 0.25) is 0 Å². The Morgan fingerprint density at radius 3 is 2.30 bits per heavy atom. The Bertz CT molecular complexity index is 894. The smallest absolute Gasteiger partial charge is 0.261 e. The minimum atomic E-state index is -0.618.